The van der Waals surface area contributed by atoms with Gasteiger partial charge in [-0.2, -0.15) is 0 Å². The Morgan fingerprint density at radius 1 is 1.05 bits per heavy atom. The molecule has 0 bridgehead atoms. The summed E-state index contributed by atoms with van der Waals surface area (Å²) in [6.07, 6.45) is 1.90. The number of nitrogens with two attached hydrogens (primary N) is 1. The summed E-state index contributed by atoms with van der Waals surface area (Å²) in [4.78, 5) is 0. The van der Waals surface area contributed by atoms with Crippen LogP contribution in [-0.4, -0.2) is 18.3 Å². The van der Waals surface area contributed by atoms with Crippen LogP contribution in [-0.2, 0) is 13.2 Å². The molecule has 0 saturated heterocycles. The Labute approximate surface area is 140 Å². The van der Waals surface area contributed by atoms with Crippen LogP contribution in [0, 0.1) is 0 Å². The molecule has 0 radical (unpaired) electrons. The molecule has 0 unspecified atom stereocenters. The first-order chi connectivity index (χ1) is 10.8. The summed E-state index contributed by atoms with van der Waals surface area (Å²) in [6, 6.07) is 16.3. The summed E-state index contributed by atoms with van der Waals surface area (Å²) >= 11 is 3.52. The SMILES string of the molecule is OCCCC[NH2+]Cc1cc(Br)ccc1OCc1ccccc1. The number of aliphatic hydroxyl groups is 1. The zero-order valence-corrected chi connectivity index (χ0v) is 14.3. The Kier molecular flexibility index (Phi) is 7.43. The summed E-state index contributed by atoms with van der Waals surface area (Å²) in [5.74, 6) is 0.936. The number of unbranched alkanes of at least 4 members (excludes halogenated alkanes) is 1. The van der Waals surface area contributed by atoms with Crippen molar-refractivity contribution >= 4 is 15.9 Å². The van der Waals surface area contributed by atoms with Gasteiger partial charge in [-0.25, -0.2) is 0 Å². The van der Waals surface area contributed by atoms with Gasteiger partial charge in [0.05, 0.1) is 6.54 Å². The molecule has 0 atom stereocenters. The van der Waals surface area contributed by atoms with Crippen molar-refractivity contribution in [2.45, 2.75) is 26.0 Å². The number of hydrogen-bond acceptors (Lipinski definition) is 2. The zero-order chi connectivity index (χ0) is 15.6. The minimum Gasteiger partial charge on any atom is -0.488 e. The lowest BCUT2D eigenvalue weighted by atomic mass is 10.2. The summed E-state index contributed by atoms with van der Waals surface area (Å²) in [6.45, 7) is 2.76. The van der Waals surface area contributed by atoms with Crippen LogP contribution < -0.4 is 10.1 Å². The Morgan fingerprint density at radius 2 is 1.86 bits per heavy atom. The summed E-state index contributed by atoms with van der Waals surface area (Å²) in [5.41, 5.74) is 2.36. The van der Waals surface area contributed by atoms with E-state index in [1.165, 1.54) is 11.1 Å². The molecule has 0 aromatic heterocycles. The summed E-state index contributed by atoms with van der Waals surface area (Å²) in [5, 5.41) is 11.1. The van der Waals surface area contributed by atoms with Gasteiger partial charge in [0.15, 0.2) is 0 Å². The van der Waals surface area contributed by atoms with E-state index < -0.39 is 0 Å². The minimum atomic E-state index is 0.274. The van der Waals surface area contributed by atoms with Crippen molar-refractivity contribution < 1.29 is 15.2 Å². The van der Waals surface area contributed by atoms with E-state index in [2.05, 4.69) is 39.4 Å². The molecule has 0 heterocycles. The van der Waals surface area contributed by atoms with Crippen LogP contribution >= 0.6 is 15.9 Å². The molecule has 0 aliphatic rings. The van der Waals surface area contributed by atoms with Crippen molar-refractivity contribution in [3.63, 3.8) is 0 Å². The van der Waals surface area contributed by atoms with Crippen LogP contribution in [0.15, 0.2) is 53.0 Å². The Bertz CT molecular complexity index is 560. The molecule has 2 aromatic rings. The van der Waals surface area contributed by atoms with Crippen LogP contribution in [0.25, 0.3) is 0 Å². The summed E-state index contributed by atoms with van der Waals surface area (Å²) in [7, 11) is 0. The van der Waals surface area contributed by atoms with Gasteiger partial charge in [-0.15, -0.1) is 0 Å². The number of ether oxygens (including phenoxy) is 1. The molecule has 0 fully saturated rings. The van der Waals surface area contributed by atoms with Gasteiger partial charge in [-0.05, 0) is 36.6 Å². The van der Waals surface area contributed by atoms with E-state index in [1.54, 1.807) is 0 Å². The average molecular weight is 365 g/mol. The second kappa shape index (κ2) is 9.62. The van der Waals surface area contributed by atoms with Crippen LogP contribution in [0.2, 0.25) is 0 Å². The molecule has 0 aliphatic heterocycles. The van der Waals surface area contributed by atoms with Crippen LogP contribution in [0.5, 0.6) is 5.75 Å². The van der Waals surface area contributed by atoms with E-state index in [9.17, 15) is 0 Å². The molecule has 4 heteroatoms. The number of aliphatic hydroxyl groups excluding tert-OH is 1. The fraction of sp³-hybridized carbons (Fsp3) is 0.333. The maximum absolute atomic E-state index is 8.80. The molecule has 0 aliphatic carbocycles. The van der Waals surface area contributed by atoms with E-state index >= 15 is 0 Å². The first-order valence-corrected chi connectivity index (χ1v) is 8.46. The second-order valence-corrected chi connectivity index (χ2v) is 6.15. The van der Waals surface area contributed by atoms with Crippen molar-refractivity contribution in [1.82, 2.24) is 0 Å². The van der Waals surface area contributed by atoms with Crippen LogP contribution in [0.3, 0.4) is 0 Å². The molecular weight excluding hydrogens is 342 g/mol. The van der Waals surface area contributed by atoms with Crippen molar-refractivity contribution in [3.8, 4) is 5.75 Å². The summed E-state index contributed by atoms with van der Waals surface area (Å²) < 4.78 is 7.04. The van der Waals surface area contributed by atoms with Gasteiger partial charge in [0.25, 0.3) is 0 Å². The van der Waals surface area contributed by atoms with Gasteiger partial charge in [-0.3, -0.25) is 0 Å². The third-order valence-electron chi connectivity index (χ3n) is 3.44. The standard InChI is InChI=1S/C18H22BrNO2/c19-17-8-9-18(22-14-15-6-2-1-3-7-15)16(12-17)13-20-10-4-5-11-21/h1-3,6-9,12,20-21H,4-5,10-11,13-14H2/p+1. The molecule has 118 valence electrons. The molecule has 22 heavy (non-hydrogen) atoms. The molecule has 2 aromatic carbocycles. The highest BCUT2D eigenvalue weighted by molar-refractivity contribution is 9.10. The highest BCUT2D eigenvalue weighted by Crippen LogP contribution is 2.23. The fourth-order valence-electron chi connectivity index (χ4n) is 2.24. The zero-order valence-electron chi connectivity index (χ0n) is 12.7. The fourth-order valence-corrected chi connectivity index (χ4v) is 2.65. The largest absolute Gasteiger partial charge is 0.488 e. The third-order valence-corrected chi connectivity index (χ3v) is 3.93. The Hall–Kier alpha value is -1.36. The molecule has 0 spiro atoms. The Morgan fingerprint density at radius 3 is 2.64 bits per heavy atom. The smallest absolute Gasteiger partial charge is 0.128 e. The third kappa shape index (κ3) is 5.79. The number of hydrogen-bond donors (Lipinski definition) is 2. The van der Waals surface area contributed by atoms with E-state index in [0.29, 0.717) is 6.61 Å². The first-order valence-electron chi connectivity index (χ1n) is 7.67. The maximum Gasteiger partial charge on any atom is 0.128 e. The van der Waals surface area contributed by atoms with E-state index in [1.807, 2.05) is 30.3 Å². The van der Waals surface area contributed by atoms with Gasteiger partial charge >= 0.3 is 0 Å². The molecule has 0 amide bonds. The predicted molar refractivity (Wildman–Crippen MR) is 91.7 cm³/mol. The van der Waals surface area contributed by atoms with Crippen molar-refractivity contribution in [2.24, 2.45) is 0 Å². The molecule has 2 rings (SSSR count). The average Bonchev–Trinajstić information content (AvgIpc) is 2.55. The predicted octanol–water partition coefficient (Wildman–Crippen LogP) is 2.86. The lowest BCUT2D eigenvalue weighted by Crippen LogP contribution is -2.82. The molecule has 3 nitrogen and oxygen atoms in total. The van der Waals surface area contributed by atoms with Crippen LogP contribution in [0.1, 0.15) is 24.0 Å². The Balaban J connectivity index is 1.92. The first kappa shape index (κ1) is 17.0. The van der Waals surface area contributed by atoms with Gasteiger partial charge in [-0.1, -0.05) is 46.3 Å². The number of benzene rings is 2. The minimum absolute atomic E-state index is 0.274. The van der Waals surface area contributed by atoms with E-state index in [0.717, 1.165) is 36.2 Å². The second-order valence-electron chi connectivity index (χ2n) is 5.24. The van der Waals surface area contributed by atoms with Gasteiger partial charge in [0.2, 0.25) is 0 Å². The molecular formula is C18H23BrNO2+. The lowest BCUT2D eigenvalue weighted by molar-refractivity contribution is -0.671. The molecule has 3 N–H and O–H groups in total. The highest BCUT2D eigenvalue weighted by Gasteiger charge is 2.07. The number of halogens is 1. The number of rotatable bonds is 9. The monoisotopic (exact) mass is 364 g/mol. The van der Waals surface area contributed by atoms with Crippen LogP contribution in [0.4, 0.5) is 0 Å². The van der Waals surface area contributed by atoms with Gasteiger partial charge < -0.3 is 15.2 Å². The van der Waals surface area contributed by atoms with Crippen molar-refractivity contribution in [3.05, 3.63) is 64.1 Å². The van der Waals surface area contributed by atoms with Crippen molar-refractivity contribution in [2.75, 3.05) is 13.2 Å². The van der Waals surface area contributed by atoms with Gasteiger partial charge in [0, 0.05) is 16.6 Å². The maximum atomic E-state index is 8.80. The number of quaternary nitrogens is 1. The lowest BCUT2D eigenvalue weighted by Gasteiger charge is -2.11. The topological polar surface area (TPSA) is 46.1 Å². The van der Waals surface area contributed by atoms with E-state index in [-0.39, 0.29) is 6.61 Å². The normalized spacial score (nSPS) is 10.6. The molecule has 0 saturated carbocycles. The van der Waals surface area contributed by atoms with E-state index in [4.69, 9.17) is 9.84 Å². The highest BCUT2D eigenvalue weighted by atomic mass is 79.9. The quantitative estimate of drug-likeness (QED) is 0.672. The van der Waals surface area contributed by atoms with Crippen molar-refractivity contribution in [1.29, 1.82) is 0 Å². The van der Waals surface area contributed by atoms with Gasteiger partial charge in [0.1, 0.15) is 18.9 Å².